The van der Waals surface area contributed by atoms with Crippen molar-refractivity contribution in [1.29, 1.82) is 5.26 Å². The molecule has 7 heteroatoms. The zero-order valence-electron chi connectivity index (χ0n) is 14.2. The quantitative estimate of drug-likeness (QED) is 0.709. The number of nitriles is 1. The summed E-state index contributed by atoms with van der Waals surface area (Å²) in [6, 6.07) is 11.4. The second-order valence-electron chi connectivity index (χ2n) is 6.19. The van der Waals surface area contributed by atoms with Gasteiger partial charge in [0.25, 0.3) is 5.91 Å². The van der Waals surface area contributed by atoms with Crippen LogP contribution in [0.1, 0.15) is 22.5 Å². The Hall–Kier alpha value is -3.40. The van der Waals surface area contributed by atoms with Crippen molar-refractivity contribution in [3.05, 3.63) is 60.2 Å². The van der Waals surface area contributed by atoms with Gasteiger partial charge in [-0.3, -0.25) is 14.2 Å². The maximum atomic E-state index is 12.7. The molecule has 0 N–H and O–H groups in total. The van der Waals surface area contributed by atoms with Gasteiger partial charge in [0.2, 0.25) is 0 Å². The predicted octanol–water partition coefficient (Wildman–Crippen LogP) is 1.95. The topological polar surface area (TPSA) is 77.5 Å². The molecule has 4 rings (SSSR count). The van der Waals surface area contributed by atoms with E-state index in [1.807, 2.05) is 29.3 Å². The number of pyridine rings is 2. The van der Waals surface area contributed by atoms with Crippen molar-refractivity contribution >= 4 is 17.4 Å². The van der Waals surface area contributed by atoms with E-state index >= 15 is 0 Å². The average molecular weight is 346 g/mol. The van der Waals surface area contributed by atoms with Gasteiger partial charge in [0.05, 0.1) is 0 Å². The average Bonchev–Trinajstić information content (AvgIpc) is 2.89. The highest BCUT2D eigenvalue weighted by molar-refractivity contribution is 5.94. The Labute approximate surface area is 151 Å². The molecule has 3 aromatic rings. The lowest BCUT2D eigenvalue weighted by Gasteiger charge is -2.22. The first-order chi connectivity index (χ1) is 12.8. The van der Waals surface area contributed by atoms with E-state index in [4.69, 9.17) is 0 Å². The number of amides is 1. The van der Waals surface area contributed by atoms with Crippen LogP contribution in [0.25, 0.3) is 5.65 Å². The van der Waals surface area contributed by atoms with Crippen LogP contribution in [0.3, 0.4) is 0 Å². The molecule has 1 amide bonds. The molecule has 0 atom stereocenters. The van der Waals surface area contributed by atoms with Gasteiger partial charge in [0.15, 0.2) is 11.5 Å². The summed E-state index contributed by atoms with van der Waals surface area (Å²) in [4.78, 5) is 25.2. The number of fused-ring (bicyclic) bond motifs is 1. The molecule has 7 nitrogen and oxygen atoms in total. The summed E-state index contributed by atoms with van der Waals surface area (Å²) in [6.45, 7) is 2.70. The van der Waals surface area contributed by atoms with Crippen LogP contribution < -0.4 is 4.90 Å². The summed E-state index contributed by atoms with van der Waals surface area (Å²) in [5.74, 6) is 0.710. The van der Waals surface area contributed by atoms with Crippen LogP contribution in [-0.2, 0) is 0 Å². The zero-order chi connectivity index (χ0) is 17.9. The largest absolute Gasteiger partial charge is 0.352 e. The van der Waals surface area contributed by atoms with Crippen LogP contribution in [0.5, 0.6) is 0 Å². The van der Waals surface area contributed by atoms with Crippen molar-refractivity contribution in [3.8, 4) is 6.07 Å². The Bertz CT molecular complexity index is 975. The molecule has 1 aliphatic rings. The first-order valence-electron chi connectivity index (χ1n) is 8.59. The van der Waals surface area contributed by atoms with E-state index in [-0.39, 0.29) is 5.91 Å². The van der Waals surface area contributed by atoms with Crippen LogP contribution in [0.15, 0.2) is 48.9 Å². The van der Waals surface area contributed by atoms with Crippen LogP contribution in [0, 0.1) is 11.3 Å². The van der Waals surface area contributed by atoms with Crippen molar-refractivity contribution in [2.75, 3.05) is 31.1 Å². The van der Waals surface area contributed by atoms with Gasteiger partial charge in [0, 0.05) is 50.3 Å². The van der Waals surface area contributed by atoms with E-state index in [9.17, 15) is 10.1 Å². The molecule has 0 aliphatic carbocycles. The highest BCUT2D eigenvalue weighted by Crippen LogP contribution is 2.22. The Morgan fingerprint density at radius 3 is 2.73 bits per heavy atom. The lowest BCUT2D eigenvalue weighted by molar-refractivity contribution is 0.0767. The molecule has 1 saturated heterocycles. The standard InChI is InChI=1S/C19H18N6O/c20-14-16-18(22-17-4-1-2-11-25(16)17)23-9-3-10-24(13-12-23)19(26)15-5-7-21-8-6-15/h1-2,4-8,11H,3,9-10,12-13H2. The minimum absolute atomic E-state index is 0.0183. The third-order valence-corrected chi connectivity index (χ3v) is 4.63. The molecule has 4 heterocycles. The molecule has 0 bridgehead atoms. The van der Waals surface area contributed by atoms with Crippen LogP contribution in [-0.4, -0.2) is 51.4 Å². The summed E-state index contributed by atoms with van der Waals surface area (Å²) >= 11 is 0. The summed E-state index contributed by atoms with van der Waals surface area (Å²) in [7, 11) is 0. The monoisotopic (exact) mass is 346 g/mol. The van der Waals surface area contributed by atoms with E-state index in [2.05, 4.69) is 20.9 Å². The molecule has 0 saturated carbocycles. The smallest absolute Gasteiger partial charge is 0.254 e. The van der Waals surface area contributed by atoms with E-state index in [0.29, 0.717) is 36.7 Å². The van der Waals surface area contributed by atoms with Crippen molar-refractivity contribution < 1.29 is 4.79 Å². The van der Waals surface area contributed by atoms with Gasteiger partial charge in [0.1, 0.15) is 11.7 Å². The predicted molar refractivity (Wildman–Crippen MR) is 96.9 cm³/mol. The third kappa shape index (κ3) is 2.86. The molecule has 0 unspecified atom stereocenters. The Balaban J connectivity index is 1.56. The lowest BCUT2D eigenvalue weighted by Crippen LogP contribution is -2.35. The normalized spacial score (nSPS) is 14.9. The van der Waals surface area contributed by atoms with E-state index in [1.54, 1.807) is 28.9 Å². The number of imidazole rings is 1. The number of hydrogen-bond acceptors (Lipinski definition) is 5. The number of hydrogen-bond donors (Lipinski definition) is 0. The van der Waals surface area contributed by atoms with Gasteiger partial charge < -0.3 is 9.80 Å². The van der Waals surface area contributed by atoms with E-state index < -0.39 is 0 Å². The molecule has 0 aromatic carbocycles. The summed E-state index contributed by atoms with van der Waals surface area (Å²) in [5, 5.41) is 9.59. The minimum Gasteiger partial charge on any atom is -0.352 e. The number of nitrogens with zero attached hydrogens (tertiary/aromatic N) is 6. The molecule has 3 aromatic heterocycles. The minimum atomic E-state index is 0.0183. The number of rotatable bonds is 2. The summed E-state index contributed by atoms with van der Waals surface area (Å²) < 4.78 is 1.81. The Morgan fingerprint density at radius 1 is 1.08 bits per heavy atom. The fourth-order valence-corrected chi connectivity index (χ4v) is 3.32. The number of anilines is 1. The molecule has 0 spiro atoms. The molecule has 130 valence electrons. The first-order valence-corrected chi connectivity index (χ1v) is 8.59. The van der Waals surface area contributed by atoms with Gasteiger partial charge in [-0.05, 0) is 30.7 Å². The third-order valence-electron chi connectivity index (χ3n) is 4.63. The SMILES string of the molecule is N#Cc1c(N2CCCN(C(=O)c3ccncc3)CC2)nc2ccccn12. The first kappa shape index (κ1) is 16.1. The van der Waals surface area contributed by atoms with Gasteiger partial charge >= 0.3 is 0 Å². The summed E-state index contributed by atoms with van der Waals surface area (Å²) in [5.41, 5.74) is 1.95. The Morgan fingerprint density at radius 2 is 1.92 bits per heavy atom. The van der Waals surface area contributed by atoms with Gasteiger partial charge in [-0.15, -0.1) is 0 Å². The van der Waals surface area contributed by atoms with Crippen LogP contribution in [0.2, 0.25) is 0 Å². The second-order valence-corrected chi connectivity index (χ2v) is 6.19. The number of carbonyl (C=O) groups excluding carboxylic acids is 1. The molecular formula is C19H18N6O. The van der Waals surface area contributed by atoms with Crippen LogP contribution >= 0.6 is 0 Å². The highest BCUT2D eigenvalue weighted by Gasteiger charge is 2.24. The lowest BCUT2D eigenvalue weighted by atomic mass is 10.2. The molecular weight excluding hydrogens is 328 g/mol. The Kier molecular flexibility index (Phi) is 4.23. The van der Waals surface area contributed by atoms with Gasteiger partial charge in [-0.2, -0.15) is 5.26 Å². The van der Waals surface area contributed by atoms with Crippen molar-refractivity contribution in [2.24, 2.45) is 0 Å². The maximum absolute atomic E-state index is 12.7. The second kappa shape index (κ2) is 6.84. The molecule has 26 heavy (non-hydrogen) atoms. The van der Waals surface area contributed by atoms with Crippen LogP contribution in [0.4, 0.5) is 5.82 Å². The fraction of sp³-hybridized carbons (Fsp3) is 0.263. The van der Waals surface area contributed by atoms with Gasteiger partial charge in [-0.1, -0.05) is 6.07 Å². The van der Waals surface area contributed by atoms with E-state index in [0.717, 1.165) is 18.6 Å². The summed E-state index contributed by atoms with van der Waals surface area (Å²) in [6.07, 6.45) is 5.94. The molecule has 1 aliphatic heterocycles. The molecule has 0 radical (unpaired) electrons. The van der Waals surface area contributed by atoms with Crippen molar-refractivity contribution in [1.82, 2.24) is 19.3 Å². The fourth-order valence-electron chi connectivity index (χ4n) is 3.32. The molecule has 1 fully saturated rings. The maximum Gasteiger partial charge on any atom is 0.254 e. The zero-order valence-corrected chi connectivity index (χ0v) is 14.2. The number of carbonyl (C=O) groups is 1. The highest BCUT2D eigenvalue weighted by atomic mass is 16.2. The van der Waals surface area contributed by atoms with Gasteiger partial charge in [-0.25, -0.2) is 4.98 Å². The van der Waals surface area contributed by atoms with Crippen molar-refractivity contribution in [2.45, 2.75) is 6.42 Å². The van der Waals surface area contributed by atoms with E-state index in [1.165, 1.54) is 0 Å². The van der Waals surface area contributed by atoms with Crippen molar-refractivity contribution in [3.63, 3.8) is 0 Å². The number of aromatic nitrogens is 3.